The van der Waals surface area contributed by atoms with Crippen molar-refractivity contribution in [1.82, 2.24) is 4.90 Å². The second-order valence-electron chi connectivity index (χ2n) is 4.56. The van der Waals surface area contributed by atoms with E-state index in [1.54, 1.807) is 0 Å². The molecule has 98 valence electrons. The van der Waals surface area contributed by atoms with Gasteiger partial charge in [0.1, 0.15) is 6.10 Å². The maximum absolute atomic E-state index is 10.6. The van der Waals surface area contributed by atoms with Crippen molar-refractivity contribution in [2.75, 3.05) is 13.1 Å². The number of carbonyl (C=O) groups excluding carboxylic acids is 1. The first-order valence-corrected chi connectivity index (χ1v) is 6.04. The van der Waals surface area contributed by atoms with Crippen LogP contribution < -0.4 is 5.73 Å². The molecule has 1 heterocycles. The summed E-state index contributed by atoms with van der Waals surface area (Å²) in [5.74, 6) is 0. The monoisotopic (exact) mass is 250 g/mol. The van der Waals surface area contributed by atoms with Crippen molar-refractivity contribution in [3.8, 4) is 0 Å². The number of rotatable bonds is 4. The summed E-state index contributed by atoms with van der Waals surface area (Å²) in [6.45, 7) is 2.52. The van der Waals surface area contributed by atoms with Gasteiger partial charge in [-0.05, 0) is 17.5 Å². The highest BCUT2D eigenvalue weighted by molar-refractivity contribution is 5.64. The van der Waals surface area contributed by atoms with E-state index in [4.69, 9.17) is 15.6 Å². The van der Waals surface area contributed by atoms with Crippen molar-refractivity contribution >= 4 is 6.09 Å². The van der Waals surface area contributed by atoms with Gasteiger partial charge in [-0.3, -0.25) is 4.90 Å². The molecule has 1 saturated heterocycles. The molecular formula is C13H18N2O3. The molecule has 0 radical (unpaired) electrons. The van der Waals surface area contributed by atoms with Gasteiger partial charge in [0, 0.05) is 19.6 Å². The number of hydrogen-bond acceptors (Lipinski definition) is 4. The number of likely N-dealkylation sites (tertiary alicyclic amines) is 1. The van der Waals surface area contributed by atoms with Crippen LogP contribution in [-0.4, -0.2) is 35.3 Å². The second-order valence-corrected chi connectivity index (χ2v) is 4.56. The Kier molecular flexibility index (Phi) is 4.17. The van der Waals surface area contributed by atoms with Crippen LogP contribution in [0.4, 0.5) is 4.79 Å². The summed E-state index contributed by atoms with van der Waals surface area (Å²) in [5.41, 5.74) is 7.10. The largest absolute Gasteiger partial charge is 0.445 e. The zero-order valence-corrected chi connectivity index (χ0v) is 10.2. The predicted molar refractivity (Wildman–Crippen MR) is 66.7 cm³/mol. The Labute approximate surface area is 106 Å². The van der Waals surface area contributed by atoms with Crippen LogP contribution in [0.15, 0.2) is 24.3 Å². The molecule has 0 spiro atoms. The van der Waals surface area contributed by atoms with Crippen LogP contribution in [0.1, 0.15) is 17.5 Å². The zero-order valence-electron chi connectivity index (χ0n) is 10.2. The molecule has 2 rings (SSSR count). The first-order chi connectivity index (χ1) is 8.67. The fraction of sp³-hybridized carbons (Fsp3) is 0.462. The van der Waals surface area contributed by atoms with E-state index in [9.17, 15) is 4.79 Å². The Morgan fingerprint density at radius 2 is 2.06 bits per heavy atom. The number of primary amides is 1. The van der Waals surface area contributed by atoms with Gasteiger partial charge in [0.2, 0.25) is 0 Å². The van der Waals surface area contributed by atoms with E-state index in [1.807, 2.05) is 24.3 Å². The van der Waals surface area contributed by atoms with E-state index in [0.29, 0.717) is 0 Å². The van der Waals surface area contributed by atoms with Gasteiger partial charge < -0.3 is 15.6 Å². The second kappa shape index (κ2) is 5.84. The quantitative estimate of drug-likeness (QED) is 0.830. The lowest BCUT2D eigenvalue weighted by Crippen LogP contribution is -2.26. The lowest BCUT2D eigenvalue weighted by molar-refractivity contribution is 0.109. The number of amides is 1. The van der Waals surface area contributed by atoms with E-state index in [1.165, 1.54) is 5.56 Å². The lowest BCUT2D eigenvalue weighted by atomic mass is 10.1. The van der Waals surface area contributed by atoms with Crippen molar-refractivity contribution in [3.63, 3.8) is 0 Å². The van der Waals surface area contributed by atoms with E-state index < -0.39 is 6.09 Å². The third-order valence-electron chi connectivity index (χ3n) is 3.12. The molecule has 1 atom stereocenters. The van der Waals surface area contributed by atoms with Gasteiger partial charge in [-0.15, -0.1) is 0 Å². The van der Waals surface area contributed by atoms with Crippen molar-refractivity contribution in [3.05, 3.63) is 35.4 Å². The molecule has 0 aromatic heterocycles. The number of ether oxygens (including phenoxy) is 1. The Hall–Kier alpha value is -1.59. The molecule has 5 heteroatoms. The van der Waals surface area contributed by atoms with Gasteiger partial charge >= 0.3 is 6.09 Å². The molecule has 0 unspecified atom stereocenters. The van der Waals surface area contributed by atoms with Crippen molar-refractivity contribution in [1.29, 1.82) is 0 Å². The Bertz CT molecular complexity index is 405. The number of aliphatic hydroxyl groups is 1. The molecule has 1 aliphatic rings. The van der Waals surface area contributed by atoms with Gasteiger partial charge in [-0.25, -0.2) is 4.79 Å². The number of hydrogen-bond donors (Lipinski definition) is 2. The molecule has 1 aliphatic heterocycles. The minimum absolute atomic E-state index is 0.0680. The molecule has 3 N–H and O–H groups in total. The maximum Gasteiger partial charge on any atom is 0.404 e. The Balaban J connectivity index is 1.85. The maximum atomic E-state index is 10.6. The van der Waals surface area contributed by atoms with Gasteiger partial charge in [0.25, 0.3) is 0 Å². The van der Waals surface area contributed by atoms with Gasteiger partial charge in [-0.2, -0.15) is 0 Å². The van der Waals surface area contributed by atoms with E-state index in [-0.39, 0.29) is 12.7 Å². The zero-order chi connectivity index (χ0) is 13.0. The standard InChI is InChI=1S/C13H18N2O3/c14-13(17)18-12-5-6-15(8-12)7-10-1-3-11(9-16)4-2-10/h1-4,12,16H,5-9H2,(H2,14,17)/t12-/m0/s1. The summed E-state index contributed by atoms with van der Waals surface area (Å²) in [6.07, 6.45) is 0.0471. The molecule has 0 aliphatic carbocycles. The van der Waals surface area contributed by atoms with Crippen molar-refractivity contribution in [2.24, 2.45) is 5.73 Å². The van der Waals surface area contributed by atoms with Crippen LogP contribution in [0.3, 0.4) is 0 Å². The Morgan fingerprint density at radius 1 is 1.39 bits per heavy atom. The van der Waals surface area contributed by atoms with E-state index in [0.717, 1.165) is 31.6 Å². The summed E-state index contributed by atoms with van der Waals surface area (Å²) in [4.78, 5) is 12.9. The SMILES string of the molecule is NC(=O)O[C@H]1CCN(Cc2ccc(CO)cc2)C1. The van der Waals surface area contributed by atoms with Gasteiger partial charge in [-0.1, -0.05) is 24.3 Å². The van der Waals surface area contributed by atoms with Crippen LogP contribution in [0.5, 0.6) is 0 Å². The lowest BCUT2D eigenvalue weighted by Gasteiger charge is -2.16. The van der Waals surface area contributed by atoms with Crippen LogP contribution in [0, 0.1) is 0 Å². The van der Waals surface area contributed by atoms with Crippen molar-refractivity contribution in [2.45, 2.75) is 25.7 Å². The third-order valence-corrected chi connectivity index (χ3v) is 3.12. The molecule has 5 nitrogen and oxygen atoms in total. The molecule has 0 saturated carbocycles. The van der Waals surface area contributed by atoms with Crippen LogP contribution in [-0.2, 0) is 17.9 Å². The van der Waals surface area contributed by atoms with Crippen LogP contribution in [0.2, 0.25) is 0 Å². The van der Waals surface area contributed by atoms with Gasteiger partial charge in [0.15, 0.2) is 0 Å². The molecule has 1 aromatic rings. The fourth-order valence-corrected chi connectivity index (χ4v) is 2.21. The highest BCUT2D eigenvalue weighted by Crippen LogP contribution is 2.16. The van der Waals surface area contributed by atoms with Gasteiger partial charge in [0.05, 0.1) is 6.61 Å². The number of carbonyl (C=O) groups is 1. The predicted octanol–water partition coefficient (Wildman–Crippen LogP) is 0.849. The number of aliphatic hydroxyl groups excluding tert-OH is 1. The van der Waals surface area contributed by atoms with E-state index in [2.05, 4.69) is 4.90 Å². The summed E-state index contributed by atoms with van der Waals surface area (Å²) < 4.78 is 4.98. The van der Waals surface area contributed by atoms with Crippen LogP contribution >= 0.6 is 0 Å². The summed E-state index contributed by atoms with van der Waals surface area (Å²) in [5, 5.41) is 8.96. The topological polar surface area (TPSA) is 75.8 Å². The summed E-state index contributed by atoms with van der Waals surface area (Å²) in [7, 11) is 0. The molecule has 1 fully saturated rings. The van der Waals surface area contributed by atoms with Crippen LogP contribution in [0.25, 0.3) is 0 Å². The highest BCUT2D eigenvalue weighted by Gasteiger charge is 2.24. The Morgan fingerprint density at radius 3 is 2.67 bits per heavy atom. The normalized spacial score (nSPS) is 19.9. The van der Waals surface area contributed by atoms with E-state index >= 15 is 0 Å². The molecule has 1 aromatic carbocycles. The molecule has 18 heavy (non-hydrogen) atoms. The number of nitrogens with zero attached hydrogens (tertiary/aromatic N) is 1. The number of benzene rings is 1. The van der Waals surface area contributed by atoms with Crippen molar-refractivity contribution < 1.29 is 14.6 Å². The average Bonchev–Trinajstić information content (AvgIpc) is 2.76. The average molecular weight is 250 g/mol. The molecule has 0 bridgehead atoms. The highest BCUT2D eigenvalue weighted by atomic mass is 16.6. The molecule has 1 amide bonds. The fourth-order valence-electron chi connectivity index (χ4n) is 2.21. The first kappa shape index (κ1) is 12.9. The first-order valence-electron chi connectivity index (χ1n) is 6.04. The summed E-state index contributed by atoms with van der Waals surface area (Å²) >= 11 is 0. The smallest absolute Gasteiger partial charge is 0.404 e. The minimum Gasteiger partial charge on any atom is -0.445 e. The number of nitrogens with two attached hydrogens (primary N) is 1. The third kappa shape index (κ3) is 3.45. The summed E-state index contributed by atoms with van der Waals surface area (Å²) in [6, 6.07) is 7.85. The minimum atomic E-state index is -0.700. The molecular weight excluding hydrogens is 232 g/mol.